The molecule has 1 heterocycles. The van der Waals surface area contributed by atoms with Crippen molar-refractivity contribution >= 4 is 16.1 Å². The molecule has 0 bridgehead atoms. The van der Waals surface area contributed by atoms with Gasteiger partial charge in [-0.05, 0) is 19.3 Å². The highest BCUT2D eigenvalue weighted by Crippen LogP contribution is 2.16. The van der Waals surface area contributed by atoms with Gasteiger partial charge < -0.3 is 4.90 Å². The van der Waals surface area contributed by atoms with Crippen LogP contribution in [0.5, 0.6) is 0 Å². The van der Waals surface area contributed by atoms with Gasteiger partial charge in [0.25, 0.3) is 10.2 Å². The summed E-state index contributed by atoms with van der Waals surface area (Å²) >= 11 is 0. The van der Waals surface area contributed by atoms with Crippen molar-refractivity contribution < 1.29 is 26.4 Å². The van der Waals surface area contributed by atoms with E-state index in [2.05, 4.69) is 4.72 Å². The molecule has 1 aliphatic rings. The fourth-order valence-electron chi connectivity index (χ4n) is 2.14. The summed E-state index contributed by atoms with van der Waals surface area (Å²) in [5.41, 5.74) is 0. The quantitative estimate of drug-likeness (QED) is 0.754. The maximum absolute atomic E-state index is 12.0. The lowest BCUT2D eigenvalue weighted by atomic mass is 10.0. The third kappa shape index (κ3) is 6.49. The molecule has 0 aliphatic carbocycles. The van der Waals surface area contributed by atoms with E-state index in [1.165, 1.54) is 4.72 Å². The summed E-state index contributed by atoms with van der Waals surface area (Å²) in [5, 5.41) is 0. The molecule has 22 heavy (non-hydrogen) atoms. The lowest BCUT2D eigenvalue weighted by Crippen LogP contribution is -2.51. The summed E-state index contributed by atoms with van der Waals surface area (Å²) in [7, 11) is -4.20. The van der Waals surface area contributed by atoms with Crippen molar-refractivity contribution in [2.24, 2.45) is 5.92 Å². The van der Waals surface area contributed by atoms with E-state index in [4.69, 9.17) is 0 Å². The van der Waals surface area contributed by atoms with Crippen molar-refractivity contribution in [1.29, 1.82) is 0 Å². The first-order valence-corrected chi connectivity index (χ1v) is 8.65. The van der Waals surface area contributed by atoms with E-state index in [0.29, 0.717) is 25.9 Å². The number of halogens is 3. The van der Waals surface area contributed by atoms with E-state index < -0.39 is 29.0 Å². The largest absolute Gasteiger partial charge is 0.402 e. The molecule has 6 nitrogen and oxygen atoms in total. The van der Waals surface area contributed by atoms with Crippen molar-refractivity contribution in [2.45, 2.75) is 45.3 Å². The fraction of sp³-hybridized carbons (Fsp3) is 0.917. The number of rotatable bonds is 6. The molecule has 1 rings (SSSR count). The number of alkyl halides is 3. The number of piperidine rings is 1. The van der Waals surface area contributed by atoms with E-state index in [9.17, 15) is 26.4 Å². The van der Waals surface area contributed by atoms with Crippen LogP contribution in [-0.2, 0) is 15.0 Å². The molecular weight excluding hydrogens is 323 g/mol. The predicted octanol–water partition coefficient (Wildman–Crippen LogP) is 1.01. The van der Waals surface area contributed by atoms with Crippen LogP contribution in [0.4, 0.5) is 13.2 Å². The first-order valence-electron chi connectivity index (χ1n) is 7.16. The van der Waals surface area contributed by atoms with Crippen molar-refractivity contribution in [3.63, 3.8) is 0 Å². The number of carbonyl (C=O) groups excluding carboxylic acids is 1. The standard InChI is InChI=1S/C12H22F3N3O3S/c1-3-9(2)11(19)18-6-4-10(5-7-18)17-22(20,21)16-8-12(13,14)15/h9-10,16-17H,3-8H2,1-2H3. The zero-order valence-electron chi connectivity index (χ0n) is 12.6. The molecule has 0 saturated carbocycles. The molecule has 1 atom stereocenters. The molecule has 0 aromatic carbocycles. The second kappa shape index (κ2) is 7.60. The third-order valence-corrected chi connectivity index (χ3v) is 4.79. The van der Waals surface area contributed by atoms with Crippen LogP contribution in [-0.4, -0.2) is 51.1 Å². The van der Waals surface area contributed by atoms with Crippen LogP contribution in [0.15, 0.2) is 0 Å². The van der Waals surface area contributed by atoms with E-state index in [1.54, 1.807) is 4.90 Å². The molecule has 2 N–H and O–H groups in total. The van der Waals surface area contributed by atoms with E-state index >= 15 is 0 Å². The van der Waals surface area contributed by atoms with Gasteiger partial charge in [-0.1, -0.05) is 13.8 Å². The number of nitrogens with zero attached hydrogens (tertiary/aromatic N) is 1. The van der Waals surface area contributed by atoms with Gasteiger partial charge in [-0.15, -0.1) is 0 Å². The first kappa shape index (κ1) is 19.2. The Morgan fingerprint density at radius 1 is 1.32 bits per heavy atom. The van der Waals surface area contributed by atoms with Gasteiger partial charge in [0.1, 0.15) is 6.54 Å². The van der Waals surface area contributed by atoms with Gasteiger partial charge in [0, 0.05) is 25.0 Å². The molecule has 0 aromatic heterocycles. The van der Waals surface area contributed by atoms with Crippen molar-refractivity contribution in [1.82, 2.24) is 14.3 Å². The average Bonchev–Trinajstić information content (AvgIpc) is 2.43. The summed E-state index contributed by atoms with van der Waals surface area (Å²) in [6.45, 7) is 2.94. The van der Waals surface area contributed by atoms with Crippen molar-refractivity contribution in [3.8, 4) is 0 Å². The molecule has 1 aliphatic heterocycles. The van der Waals surface area contributed by atoms with Crippen LogP contribution >= 0.6 is 0 Å². The molecule has 10 heteroatoms. The zero-order chi connectivity index (χ0) is 17.0. The Balaban J connectivity index is 2.44. The maximum Gasteiger partial charge on any atom is 0.402 e. The number of hydrogen-bond acceptors (Lipinski definition) is 3. The van der Waals surface area contributed by atoms with Crippen LogP contribution in [0.1, 0.15) is 33.1 Å². The van der Waals surface area contributed by atoms with Gasteiger partial charge >= 0.3 is 6.18 Å². The van der Waals surface area contributed by atoms with E-state index in [1.807, 2.05) is 13.8 Å². The molecule has 1 amide bonds. The lowest BCUT2D eigenvalue weighted by Gasteiger charge is -2.33. The lowest BCUT2D eigenvalue weighted by molar-refractivity contribution is -0.136. The smallest absolute Gasteiger partial charge is 0.342 e. The number of carbonyl (C=O) groups is 1. The summed E-state index contributed by atoms with van der Waals surface area (Å²) in [4.78, 5) is 13.7. The molecule has 0 spiro atoms. The Morgan fingerprint density at radius 2 is 1.86 bits per heavy atom. The Labute approximate surface area is 128 Å². The van der Waals surface area contributed by atoms with Gasteiger partial charge in [-0.2, -0.15) is 31.0 Å². The minimum absolute atomic E-state index is 0.0269. The maximum atomic E-state index is 12.0. The van der Waals surface area contributed by atoms with Crippen LogP contribution in [0, 0.1) is 5.92 Å². The van der Waals surface area contributed by atoms with E-state index in [-0.39, 0.29) is 11.8 Å². The minimum atomic E-state index is -4.60. The van der Waals surface area contributed by atoms with E-state index in [0.717, 1.165) is 6.42 Å². The number of nitrogens with one attached hydrogen (secondary N) is 2. The molecule has 0 radical (unpaired) electrons. The topological polar surface area (TPSA) is 78.5 Å². The highest BCUT2D eigenvalue weighted by molar-refractivity contribution is 7.87. The van der Waals surface area contributed by atoms with Crippen molar-refractivity contribution in [2.75, 3.05) is 19.6 Å². The second-order valence-corrected chi connectivity index (χ2v) is 7.00. The second-order valence-electron chi connectivity index (χ2n) is 5.47. The Morgan fingerprint density at radius 3 is 2.32 bits per heavy atom. The van der Waals surface area contributed by atoms with Crippen LogP contribution in [0.3, 0.4) is 0 Å². The molecule has 130 valence electrons. The van der Waals surface area contributed by atoms with Gasteiger partial charge in [0.05, 0.1) is 0 Å². The fourth-order valence-corrected chi connectivity index (χ4v) is 3.25. The highest BCUT2D eigenvalue weighted by atomic mass is 32.2. The zero-order valence-corrected chi connectivity index (χ0v) is 13.4. The van der Waals surface area contributed by atoms with Gasteiger partial charge in [-0.3, -0.25) is 4.79 Å². The summed E-state index contributed by atoms with van der Waals surface area (Å²) < 4.78 is 62.7. The summed E-state index contributed by atoms with van der Waals surface area (Å²) in [5.74, 6) is -0.0549. The third-order valence-electron chi connectivity index (χ3n) is 3.63. The number of likely N-dealkylation sites (tertiary alicyclic amines) is 1. The number of hydrogen-bond donors (Lipinski definition) is 2. The highest BCUT2D eigenvalue weighted by Gasteiger charge is 2.31. The summed E-state index contributed by atoms with van der Waals surface area (Å²) in [6.07, 6.45) is -3.10. The summed E-state index contributed by atoms with van der Waals surface area (Å²) in [6, 6.07) is -0.466. The monoisotopic (exact) mass is 345 g/mol. The Hall–Kier alpha value is -0.870. The van der Waals surface area contributed by atoms with Crippen LogP contribution in [0.2, 0.25) is 0 Å². The van der Waals surface area contributed by atoms with Gasteiger partial charge in [0.15, 0.2) is 0 Å². The first-order chi connectivity index (χ1) is 10.0. The van der Waals surface area contributed by atoms with Crippen molar-refractivity contribution in [3.05, 3.63) is 0 Å². The normalized spacial score (nSPS) is 19.2. The average molecular weight is 345 g/mol. The van der Waals surface area contributed by atoms with Gasteiger partial charge in [-0.25, -0.2) is 0 Å². The van der Waals surface area contributed by atoms with Crippen LogP contribution in [0.25, 0.3) is 0 Å². The van der Waals surface area contributed by atoms with Crippen LogP contribution < -0.4 is 9.44 Å². The molecule has 1 fully saturated rings. The predicted molar refractivity (Wildman–Crippen MR) is 75.2 cm³/mol. The molecule has 1 saturated heterocycles. The molecule has 1 unspecified atom stereocenters. The molecular formula is C12H22F3N3O3S. The SMILES string of the molecule is CCC(C)C(=O)N1CCC(NS(=O)(=O)NCC(F)(F)F)CC1. The number of amides is 1. The van der Waals surface area contributed by atoms with Gasteiger partial charge in [0.2, 0.25) is 5.91 Å². The Bertz CT molecular complexity index is 474. The Kier molecular flexibility index (Phi) is 6.63. The molecule has 0 aromatic rings. The minimum Gasteiger partial charge on any atom is -0.342 e.